The van der Waals surface area contributed by atoms with Crippen LogP contribution in [0.2, 0.25) is 5.02 Å². The van der Waals surface area contributed by atoms with E-state index in [9.17, 15) is 4.79 Å². The molecule has 1 aromatic rings. The molecule has 1 unspecified atom stereocenters. The number of nitrogens with zero attached hydrogens (tertiary/aromatic N) is 4. The number of halogens is 2. The van der Waals surface area contributed by atoms with Gasteiger partial charge in [-0.15, -0.1) is 35.7 Å². The molecule has 0 bridgehead atoms. The molecule has 0 aliphatic carbocycles. The van der Waals surface area contributed by atoms with Crippen LogP contribution >= 0.6 is 47.3 Å². The fourth-order valence-electron chi connectivity index (χ4n) is 3.44. The molecule has 166 valence electrons. The first-order valence-corrected chi connectivity index (χ1v) is 11.4. The van der Waals surface area contributed by atoms with Crippen LogP contribution in [-0.2, 0) is 4.79 Å². The lowest BCUT2D eigenvalue weighted by Gasteiger charge is -2.25. The predicted octanol–water partition coefficient (Wildman–Crippen LogP) is 3.03. The molecule has 2 aliphatic rings. The van der Waals surface area contributed by atoms with E-state index in [1.54, 1.807) is 30.8 Å². The largest absolute Gasteiger partial charge is 0.355 e. The van der Waals surface area contributed by atoms with Crippen molar-refractivity contribution in [3.05, 3.63) is 41.4 Å². The number of rotatable bonds is 7. The first-order valence-electron chi connectivity index (χ1n) is 10.0. The first kappa shape index (κ1) is 25.3. The van der Waals surface area contributed by atoms with E-state index in [4.69, 9.17) is 11.6 Å². The predicted molar refractivity (Wildman–Crippen MR) is 137 cm³/mol. The second-order valence-corrected chi connectivity index (χ2v) is 9.08. The molecule has 1 saturated heterocycles. The van der Waals surface area contributed by atoms with Crippen molar-refractivity contribution in [1.82, 2.24) is 20.0 Å². The third-order valence-electron chi connectivity index (χ3n) is 5.16. The van der Waals surface area contributed by atoms with E-state index in [0.29, 0.717) is 6.04 Å². The van der Waals surface area contributed by atoms with Crippen LogP contribution < -0.4 is 5.32 Å². The van der Waals surface area contributed by atoms with Crippen molar-refractivity contribution in [3.8, 4) is 0 Å². The van der Waals surface area contributed by atoms with E-state index in [0.717, 1.165) is 55.9 Å². The molecule has 1 aromatic carbocycles. The van der Waals surface area contributed by atoms with Crippen molar-refractivity contribution in [1.29, 1.82) is 0 Å². The van der Waals surface area contributed by atoms with Gasteiger partial charge in [-0.3, -0.25) is 9.69 Å². The molecule has 1 fully saturated rings. The minimum atomic E-state index is 0. The zero-order valence-corrected chi connectivity index (χ0v) is 21.5. The van der Waals surface area contributed by atoms with Crippen molar-refractivity contribution >= 4 is 59.2 Å². The standard InChI is InChI=1S/C21H30ClN5OS.HI/c1-25(2)20(28)15-24-21(23-10-14-29-19-7-5-17(22)6-8-19)27-13-9-18(16-27)26-11-3-4-12-26;/h3-8,18H,9-16H2,1-2H3,(H,23,24);1H. The molecule has 1 atom stereocenters. The number of guanidine groups is 1. The number of hydrogen-bond donors (Lipinski definition) is 1. The fourth-order valence-corrected chi connectivity index (χ4v) is 4.33. The topological polar surface area (TPSA) is 51.2 Å². The van der Waals surface area contributed by atoms with Crippen LogP contribution in [-0.4, -0.2) is 91.7 Å². The summed E-state index contributed by atoms with van der Waals surface area (Å²) >= 11 is 7.72. The Balaban J connectivity index is 0.00000320. The summed E-state index contributed by atoms with van der Waals surface area (Å²) in [6.07, 6.45) is 5.60. The fraction of sp³-hybridized carbons (Fsp3) is 0.524. The summed E-state index contributed by atoms with van der Waals surface area (Å²) in [4.78, 5) is 24.2. The summed E-state index contributed by atoms with van der Waals surface area (Å²) < 4.78 is 0. The third kappa shape index (κ3) is 7.62. The minimum absolute atomic E-state index is 0. The first-order chi connectivity index (χ1) is 14.0. The van der Waals surface area contributed by atoms with Gasteiger partial charge in [0.1, 0.15) is 6.54 Å². The maximum atomic E-state index is 12.0. The summed E-state index contributed by atoms with van der Waals surface area (Å²) in [5.41, 5.74) is 0. The molecule has 2 heterocycles. The van der Waals surface area contributed by atoms with Gasteiger partial charge in [-0.1, -0.05) is 23.8 Å². The molecule has 3 rings (SSSR count). The highest BCUT2D eigenvalue weighted by Crippen LogP contribution is 2.20. The number of aliphatic imine (C=N–C) groups is 1. The third-order valence-corrected chi connectivity index (χ3v) is 6.42. The van der Waals surface area contributed by atoms with Gasteiger partial charge in [0.25, 0.3) is 0 Å². The quantitative estimate of drug-likeness (QED) is 0.138. The van der Waals surface area contributed by atoms with Gasteiger partial charge in [0, 0.05) is 68.5 Å². The second kappa shape index (κ2) is 12.8. The Morgan fingerprint density at radius 1 is 1.27 bits per heavy atom. The van der Waals surface area contributed by atoms with Crippen molar-refractivity contribution in [2.75, 3.05) is 59.1 Å². The molecule has 0 aromatic heterocycles. The Kier molecular flexibility index (Phi) is 10.8. The summed E-state index contributed by atoms with van der Waals surface area (Å²) in [6, 6.07) is 8.44. The number of thioether (sulfide) groups is 1. The molecule has 0 spiro atoms. The molecule has 1 N–H and O–H groups in total. The van der Waals surface area contributed by atoms with Gasteiger partial charge in [0.15, 0.2) is 5.96 Å². The highest BCUT2D eigenvalue weighted by Gasteiger charge is 2.29. The summed E-state index contributed by atoms with van der Waals surface area (Å²) in [5, 5.41) is 4.23. The number of hydrogen-bond acceptors (Lipinski definition) is 4. The smallest absolute Gasteiger partial charge is 0.243 e. The van der Waals surface area contributed by atoms with E-state index in [2.05, 4.69) is 32.3 Å². The molecular weight excluding hydrogens is 533 g/mol. The van der Waals surface area contributed by atoms with Crippen LogP contribution in [0.5, 0.6) is 0 Å². The summed E-state index contributed by atoms with van der Waals surface area (Å²) in [5.74, 6) is 1.76. The maximum absolute atomic E-state index is 12.0. The van der Waals surface area contributed by atoms with Gasteiger partial charge >= 0.3 is 0 Å². The number of carbonyl (C=O) groups excluding carboxylic acids is 1. The second-order valence-electron chi connectivity index (χ2n) is 7.47. The normalized spacial score (nSPS) is 19.1. The number of carbonyl (C=O) groups is 1. The van der Waals surface area contributed by atoms with E-state index in [-0.39, 0.29) is 36.4 Å². The van der Waals surface area contributed by atoms with E-state index < -0.39 is 0 Å². The highest BCUT2D eigenvalue weighted by atomic mass is 127. The number of likely N-dealkylation sites (tertiary alicyclic amines) is 1. The number of likely N-dealkylation sites (N-methyl/N-ethyl adjacent to an activating group) is 1. The Bertz CT molecular complexity index is 735. The molecule has 0 radical (unpaired) electrons. The molecular formula is C21H31ClIN5OS. The van der Waals surface area contributed by atoms with Crippen LogP contribution in [0.3, 0.4) is 0 Å². The van der Waals surface area contributed by atoms with Crippen molar-refractivity contribution in [2.45, 2.75) is 17.4 Å². The summed E-state index contributed by atoms with van der Waals surface area (Å²) in [7, 11) is 3.53. The van der Waals surface area contributed by atoms with Gasteiger partial charge in [0.2, 0.25) is 5.91 Å². The van der Waals surface area contributed by atoms with Crippen LogP contribution in [0.1, 0.15) is 6.42 Å². The van der Waals surface area contributed by atoms with Crippen LogP contribution in [0.4, 0.5) is 0 Å². The van der Waals surface area contributed by atoms with Crippen LogP contribution in [0, 0.1) is 0 Å². The molecule has 0 saturated carbocycles. The average molecular weight is 564 g/mol. The van der Waals surface area contributed by atoms with E-state index in [1.165, 1.54) is 4.90 Å². The van der Waals surface area contributed by atoms with Gasteiger partial charge in [0.05, 0.1) is 0 Å². The Hall–Kier alpha value is -0.970. The SMILES string of the molecule is CN(C)C(=O)CN=C(NCCSc1ccc(Cl)cc1)N1CCC(N2CC=CC2)C1.I. The zero-order valence-electron chi connectivity index (χ0n) is 17.6. The molecule has 9 heteroatoms. The number of nitrogens with one attached hydrogen (secondary N) is 1. The number of benzene rings is 1. The monoisotopic (exact) mass is 563 g/mol. The Morgan fingerprint density at radius 3 is 2.63 bits per heavy atom. The molecule has 2 aliphatic heterocycles. The molecule has 1 amide bonds. The number of amides is 1. The lowest BCUT2D eigenvalue weighted by molar-refractivity contribution is -0.127. The Labute approximate surface area is 206 Å². The van der Waals surface area contributed by atoms with Crippen molar-refractivity contribution < 1.29 is 4.79 Å². The van der Waals surface area contributed by atoms with E-state index >= 15 is 0 Å². The zero-order chi connectivity index (χ0) is 20.6. The van der Waals surface area contributed by atoms with Gasteiger partial charge in [-0.2, -0.15) is 0 Å². The highest BCUT2D eigenvalue weighted by molar-refractivity contribution is 14.0. The van der Waals surface area contributed by atoms with Crippen molar-refractivity contribution in [3.63, 3.8) is 0 Å². The van der Waals surface area contributed by atoms with Crippen molar-refractivity contribution in [2.24, 2.45) is 4.99 Å². The van der Waals surface area contributed by atoms with Gasteiger partial charge in [-0.05, 0) is 30.7 Å². The lowest BCUT2D eigenvalue weighted by atomic mass is 10.2. The van der Waals surface area contributed by atoms with E-state index in [1.807, 2.05) is 24.3 Å². The van der Waals surface area contributed by atoms with Crippen LogP contribution in [0.25, 0.3) is 0 Å². The minimum Gasteiger partial charge on any atom is -0.355 e. The maximum Gasteiger partial charge on any atom is 0.243 e. The lowest BCUT2D eigenvalue weighted by Crippen LogP contribution is -2.44. The van der Waals surface area contributed by atoms with Gasteiger partial charge < -0.3 is 15.1 Å². The molecule has 30 heavy (non-hydrogen) atoms. The summed E-state index contributed by atoms with van der Waals surface area (Å²) in [6.45, 7) is 4.95. The Morgan fingerprint density at radius 2 is 1.97 bits per heavy atom. The molecule has 6 nitrogen and oxygen atoms in total. The van der Waals surface area contributed by atoms with Crippen LogP contribution in [0.15, 0.2) is 46.3 Å². The average Bonchev–Trinajstić information content (AvgIpc) is 3.40. The van der Waals surface area contributed by atoms with Gasteiger partial charge in [-0.25, -0.2) is 4.99 Å².